The van der Waals surface area contributed by atoms with Crippen LogP contribution < -0.4 is 5.32 Å². The van der Waals surface area contributed by atoms with Crippen molar-refractivity contribution in [1.29, 1.82) is 0 Å². The first-order valence-corrected chi connectivity index (χ1v) is 6.84. The van der Waals surface area contributed by atoms with E-state index in [0.717, 1.165) is 12.8 Å². The van der Waals surface area contributed by atoms with Crippen LogP contribution in [0.4, 0.5) is 0 Å². The number of carbonyl (C=O) groups excluding carboxylic acids is 2. The molecule has 1 unspecified atom stereocenters. The summed E-state index contributed by atoms with van der Waals surface area (Å²) in [4.78, 5) is 25.1. The molecule has 1 aliphatic rings. The number of nitrogens with zero attached hydrogens (tertiary/aromatic N) is 1. The zero-order valence-corrected chi connectivity index (χ0v) is 11.8. The van der Waals surface area contributed by atoms with Crippen LogP contribution in [0.5, 0.6) is 0 Å². The molecular formula is C13H24N2O4. The van der Waals surface area contributed by atoms with Gasteiger partial charge >= 0.3 is 0 Å². The summed E-state index contributed by atoms with van der Waals surface area (Å²) >= 11 is 0. The number of unbranched alkanes of at least 4 members (excludes halogenated alkanes) is 1. The van der Waals surface area contributed by atoms with E-state index in [2.05, 4.69) is 5.32 Å². The lowest BCUT2D eigenvalue weighted by Crippen LogP contribution is -2.58. The van der Waals surface area contributed by atoms with Crippen LogP contribution in [-0.2, 0) is 19.1 Å². The fourth-order valence-corrected chi connectivity index (χ4v) is 2.11. The molecule has 19 heavy (non-hydrogen) atoms. The van der Waals surface area contributed by atoms with Gasteiger partial charge in [0.2, 0.25) is 11.8 Å². The number of carbonyl (C=O) groups is 2. The summed E-state index contributed by atoms with van der Waals surface area (Å²) in [5.41, 5.74) is 0. The predicted octanol–water partition coefficient (Wildman–Crippen LogP) is 0.167. The minimum atomic E-state index is -0.310. The third kappa shape index (κ3) is 5.16. The average molecular weight is 272 g/mol. The van der Waals surface area contributed by atoms with Crippen molar-refractivity contribution < 1.29 is 19.1 Å². The number of methoxy groups -OCH3 is 1. The zero-order valence-electron chi connectivity index (χ0n) is 11.8. The van der Waals surface area contributed by atoms with Gasteiger partial charge in [-0.25, -0.2) is 0 Å². The minimum Gasteiger partial charge on any atom is -0.382 e. The van der Waals surface area contributed by atoms with Crippen molar-refractivity contribution in [3.63, 3.8) is 0 Å². The lowest BCUT2D eigenvalue weighted by molar-refractivity contribution is -0.145. The number of hydrogen-bond acceptors (Lipinski definition) is 4. The molecule has 1 fully saturated rings. The molecule has 110 valence electrons. The van der Waals surface area contributed by atoms with E-state index in [-0.39, 0.29) is 24.4 Å². The van der Waals surface area contributed by atoms with Crippen molar-refractivity contribution in [2.24, 2.45) is 0 Å². The first kappa shape index (κ1) is 15.9. The normalized spacial score (nSPS) is 19.7. The molecule has 2 amide bonds. The van der Waals surface area contributed by atoms with Crippen molar-refractivity contribution in [3.05, 3.63) is 0 Å². The molecule has 0 aromatic carbocycles. The quantitative estimate of drug-likeness (QED) is 0.607. The van der Waals surface area contributed by atoms with Crippen LogP contribution in [0.3, 0.4) is 0 Å². The van der Waals surface area contributed by atoms with E-state index in [9.17, 15) is 9.59 Å². The largest absolute Gasteiger partial charge is 0.382 e. The Hall–Kier alpha value is -1.14. The molecule has 0 saturated carbocycles. The van der Waals surface area contributed by atoms with Crippen LogP contribution in [0.15, 0.2) is 0 Å². The minimum absolute atomic E-state index is 0.00625. The summed E-state index contributed by atoms with van der Waals surface area (Å²) in [6, 6.07) is -0.310. The van der Waals surface area contributed by atoms with E-state index in [0.29, 0.717) is 32.8 Å². The predicted molar refractivity (Wildman–Crippen MR) is 70.7 cm³/mol. The van der Waals surface area contributed by atoms with E-state index in [1.165, 1.54) is 0 Å². The second-order valence-electron chi connectivity index (χ2n) is 4.54. The molecule has 0 aromatic rings. The molecule has 0 spiro atoms. The van der Waals surface area contributed by atoms with Crippen molar-refractivity contribution in [1.82, 2.24) is 10.2 Å². The van der Waals surface area contributed by atoms with Crippen LogP contribution in [-0.4, -0.2) is 62.8 Å². The Morgan fingerprint density at radius 3 is 2.74 bits per heavy atom. The Morgan fingerprint density at radius 2 is 2.05 bits per heavy atom. The highest BCUT2D eigenvalue weighted by Gasteiger charge is 2.32. The molecular weight excluding hydrogens is 248 g/mol. The van der Waals surface area contributed by atoms with E-state index >= 15 is 0 Å². The van der Waals surface area contributed by atoms with Crippen LogP contribution >= 0.6 is 0 Å². The maximum atomic E-state index is 11.8. The Labute approximate surface area is 114 Å². The number of nitrogens with one attached hydrogen (secondary N) is 1. The summed E-state index contributed by atoms with van der Waals surface area (Å²) in [5, 5.41) is 2.62. The van der Waals surface area contributed by atoms with Gasteiger partial charge in [0.05, 0.1) is 19.8 Å². The lowest BCUT2D eigenvalue weighted by atomic mass is 10.1. The molecule has 1 heterocycles. The van der Waals surface area contributed by atoms with E-state index < -0.39 is 0 Å². The van der Waals surface area contributed by atoms with Crippen LogP contribution in [0, 0.1) is 0 Å². The number of rotatable bonds is 9. The van der Waals surface area contributed by atoms with Gasteiger partial charge in [0, 0.05) is 20.3 Å². The summed E-state index contributed by atoms with van der Waals surface area (Å²) in [6.07, 6.45) is 2.38. The second kappa shape index (κ2) is 8.87. The molecule has 1 aliphatic heterocycles. The van der Waals surface area contributed by atoms with E-state index in [1.807, 2.05) is 6.92 Å². The molecule has 1 atom stereocenters. The average Bonchev–Trinajstić information content (AvgIpc) is 2.41. The van der Waals surface area contributed by atoms with Crippen LogP contribution in [0.2, 0.25) is 0 Å². The van der Waals surface area contributed by atoms with Gasteiger partial charge < -0.3 is 19.7 Å². The standard InChI is InChI=1S/C13H24N2O4/c1-3-11-13(17)14-10-12(16)15(11)6-4-5-7-19-9-8-18-2/h11H,3-10H2,1-2H3,(H,14,17). The molecule has 1 N–H and O–H groups in total. The fraction of sp³-hybridized carbons (Fsp3) is 0.846. The first-order valence-electron chi connectivity index (χ1n) is 6.84. The highest BCUT2D eigenvalue weighted by atomic mass is 16.5. The fourth-order valence-electron chi connectivity index (χ4n) is 2.11. The van der Waals surface area contributed by atoms with Gasteiger partial charge in [-0.05, 0) is 19.3 Å². The van der Waals surface area contributed by atoms with Crippen LogP contribution in [0.1, 0.15) is 26.2 Å². The third-order valence-corrected chi connectivity index (χ3v) is 3.17. The van der Waals surface area contributed by atoms with Crippen molar-refractivity contribution in [2.75, 3.05) is 40.0 Å². The molecule has 0 radical (unpaired) electrons. The van der Waals surface area contributed by atoms with Crippen molar-refractivity contribution in [2.45, 2.75) is 32.2 Å². The number of amides is 2. The number of hydrogen-bond donors (Lipinski definition) is 1. The van der Waals surface area contributed by atoms with Gasteiger partial charge in [-0.2, -0.15) is 0 Å². The molecule has 0 bridgehead atoms. The van der Waals surface area contributed by atoms with Crippen molar-refractivity contribution >= 4 is 11.8 Å². The van der Waals surface area contributed by atoms with Gasteiger partial charge in [-0.3, -0.25) is 9.59 Å². The van der Waals surface area contributed by atoms with Gasteiger partial charge in [-0.15, -0.1) is 0 Å². The highest BCUT2D eigenvalue weighted by Crippen LogP contribution is 2.10. The summed E-state index contributed by atoms with van der Waals surface area (Å²) < 4.78 is 10.2. The zero-order chi connectivity index (χ0) is 14.1. The topological polar surface area (TPSA) is 67.9 Å². The first-order chi connectivity index (χ1) is 9.20. The Balaban J connectivity index is 2.22. The Bertz CT molecular complexity index is 296. The molecule has 0 aliphatic carbocycles. The van der Waals surface area contributed by atoms with Gasteiger partial charge in [0.15, 0.2) is 0 Å². The lowest BCUT2D eigenvalue weighted by Gasteiger charge is -2.34. The molecule has 6 nitrogen and oxygen atoms in total. The Kier molecular flexibility index (Phi) is 7.43. The van der Waals surface area contributed by atoms with E-state index in [1.54, 1.807) is 12.0 Å². The number of piperazine rings is 1. The SMILES string of the molecule is CCC1C(=O)NCC(=O)N1CCCCOCCOC. The van der Waals surface area contributed by atoms with Crippen LogP contribution in [0.25, 0.3) is 0 Å². The maximum Gasteiger partial charge on any atom is 0.243 e. The maximum absolute atomic E-state index is 11.8. The molecule has 1 saturated heterocycles. The molecule has 6 heteroatoms. The molecule has 0 aromatic heterocycles. The highest BCUT2D eigenvalue weighted by molar-refractivity contribution is 5.94. The van der Waals surface area contributed by atoms with Gasteiger partial charge in [0.25, 0.3) is 0 Å². The van der Waals surface area contributed by atoms with E-state index in [4.69, 9.17) is 9.47 Å². The monoisotopic (exact) mass is 272 g/mol. The van der Waals surface area contributed by atoms with Crippen molar-refractivity contribution in [3.8, 4) is 0 Å². The van der Waals surface area contributed by atoms with Gasteiger partial charge in [-0.1, -0.05) is 6.92 Å². The Morgan fingerprint density at radius 1 is 1.26 bits per heavy atom. The second-order valence-corrected chi connectivity index (χ2v) is 4.54. The summed E-state index contributed by atoms with van der Waals surface area (Å²) in [6.45, 7) is 4.53. The smallest absolute Gasteiger partial charge is 0.243 e. The number of ether oxygens (including phenoxy) is 2. The summed E-state index contributed by atoms with van der Waals surface area (Å²) in [5.74, 6) is -0.0369. The van der Waals surface area contributed by atoms with Gasteiger partial charge in [0.1, 0.15) is 6.04 Å². The summed E-state index contributed by atoms with van der Waals surface area (Å²) in [7, 11) is 1.64. The third-order valence-electron chi connectivity index (χ3n) is 3.17. The molecule has 1 rings (SSSR count).